The Hall–Kier alpha value is -4.26. The van der Waals surface area contributed by atoms with Crippen molar-refractivity contribution in [2.24, 2.45) is 0 Å². The second-order valence-electron chi connectivity index (χ2n) is 6.87. The van der Waals surface area contributed by atoms with Crippen molar-refractivity contribution in [3.8, 4) is 33.8 Å². The first-order valence-electron chi connectivity index (χ1n) is 9.22. The van der Waals surface area contributed by atoms with Crippen molar-refractivity contribution in [1.82, 2.24) is 35.3 Å². The van der Waals surface area contributed by atoms with Crippen LogP contribution in [0, 0.1) is 0 Å². The molecular formula is C22H15N7. The van der Waals surface area contributed by atoms with Crippen molar-refractivity contribution in [1.29, 1.82) is 0 Å². The van der Waals surface area contributed by atoms with Gasteiger partial charge < -0.3 is 4.98 Å². The molecule has 7 nitrogen and oxygen atoms in total. The number of aromatic amines is 3. The molecule has 0 atom stereocenters. The van der Waals surface area contributed by atoms with E-state index in [4.69, 9.17) is 0 Å². The first kappa shape index (κ1) is 15.8. The molecule has 0 radical (unpaired) electrons. The molecule has 138 valence electrons. The highest BCUT2D eigenvalue weighted by Gasteiger charge is 2.15. The third kappa shape index (κ3) is 2.52. The van der Waals surface area contributed by atoms with Crippen molar-refractivity contribution < 1.29 is 0 Å². The van der Waals surface area contributed by atoms with Crippen molar-refractivity contribution in [3.05, 3.63) is 73.4 Å². The van der Waals surface area contributed by atoms with Crippen LogP contribution in [0.2, 0.25) is 0 Å². The number of hydrogen-bond donors (Lipinski definition) is 3. The summed E-state index contributed by atoms with van der Waals surface area (Å²) in [5.41, 5.74) is 7.74. The summed E-state index contributed by atoms with van der Waals surface area (Å²) in [6.07, 6.45) is 9.17. The van der Waals surface area contributed by atoms with Crippen LogP contribution in [0.4, 0.5) is 0 Å². The lowest BCUT2D eigenvalue weighted by Crippen LogP contribution is -1.84. The predicted octanol–water partition coefficient (Wildman–Crippen LogP) is 4.56. The van der Waals surface area contributed by atoms with Gasteiger partial charge in [-0.2, -0.15) is 10.2 Å². The van der Waals surface area contributed by atoms with E-state index in [2.05, 4.69) is 53.5 Å². The molecule has 7 heteroatoms. The lowest BCUT2D eigenvalue weighted by Gasteiger charge is -2.00. The molecule has 6 aromatic rings. The van der Waals surface area contributed by atoms with E-state index in [9.17, 15) is 0 Å². The zero-order valence-corrected chi connectivity index (χ0v) is 15.2. The minimum absolute atomic E-state index is 0.869. The topological polar surface area (TPSA) is 98.9 Å². The van der Waals surface area contributed by atoms with Crippen LogP contribution in [0.3, 0.4) is 0 Å². The van der Waals surface area contributed by atoms with Crippen LogP contribution in [0.25, 0.3) is 55.6 Å². The van der Waals surface area contributed by atoms with Crippen LogP contribution in [0.5, 0.6) is 0 Å². The van der Waals surface area contributed by atoms with Gasteiger partial charge in [-0.3, -0.25) is 20.2 Å². The summed E-state index contributed by atoms with van der Waals surface area (Å²) in [4.78, 5) is 12.3. The van der Waals surface area contributed by atoms with Crippen LogP contribution in [0.1, 0.15) is 0 Å². The maximum atomic E-state index is 4.57. The highest BCUT2D eigenvalue weighted by atomic mass is 15.1. The molecule has 0 unspecified atom stereocenters. The van der Waals surface area contributed by atoms with E-state index in [1.165, 1.54) is 0 Å². The number of benzene rings is 1. The van der Waals surface area contributed by atoms with E-state index < -0.39 is 0 Å². The number of nitrogens with zero attached hydrogens (tertiary/aromatic N) is 4. The third-order valence-electron chi connectivity index (χ3n) is 5.14. The van der Waals surface area contributed by atoms with Crippen LogP contribution in [0.15, 0.2) is 73.4 Å². The Labute approximate surface area is 164 Å². The summed E-state index contributed by atoms with van der Waals surface area (Å²) >= 11 is 0. The largest absolute Gasteiger partial charge is 0.352 e. The van der Waals surface area contributed by atoms with Crippen molar-refractivity contribution in [3.63, 3.8) is 0 Å². The smallest absolute Gasteiger partial charge is 0.116 e. The standard InChI is InChI=1S/C22H15N7/c1-2-6-24-18(3-1)17-11-23-12-21-15(17)8-20(27-21)22-16-7-13(14-9-25-26-10-14)4-5-19(16)28-29-22/h1-12,27H,(H,25,26)(H,28,29). The molecule has 0 aliphatic carbocycles. The molecule has 0 saturated carbocycles. The lowest BCUT2D eigenvalue weighted by atomic mass is 10.0. The molecular weight excluding hydrogens is 362 g/mol. The summed E-state index contributed by atoms with van der Waals surface area (Å²) < 4.78 is 0. The van der Waals surface area contributed by atoms with Gasteiger partial charge in [0.2, 0.25) is 0 Å². The third-order valence-corrected chi connectivity index (χ3v) is 5.14. The van der Waals surface area contributed by atoms with Gasteiger partial charge in [0.15, 0.2) is 0 Å². The molecule has 0 aliphatic rings. The number of nitrogens with one attached hydrogen (secondary N) is 3. The second-order valence-corrected chi connectivity index (χ2v) is 6.87. The number of rotatable bonds is 3. The average molecular weight is 377 g/mol. The number of aromatic nitrogens is 7. The molecule has 5 aromatic heterocycles. The fraction of sp³-hybridized carbons (Fsp3) is 0. The molecule has 0 bridgehead atoms. The summed E-state index contributed by atoms with van der Waals surface area (Å²) in [6, 6.07) is 14.2. The van der Waals surface area contributed by atoms with E-state index in [-0.39, 0.29) is 0 Å². The number of fused-ring (bicyclic) bond motifs is 2. The van der Waals surface area contributed by atoms with Crippen LogP contribution < -0.4 is 0 Å². The van der Waals surface area contributed by atoms with Gasteiger partial charge >= 0.3 is 0 Å². The molecule has 0 spiro atoms. The number of hydrogen-bond acceptors (Lipinski definition) is 4. The predicted molar refractivity (Wildman–Crippen MR) is 112 cm³/mol. The van der Waals surface area contributed by atoms with Gasteiger partial charge in [0.1, 0.15) is 5.69 Å². The zero-order chi connectivity index (χ0) is 19.2. The first-order chi connectivity index (χ1) is 14.4. The van der Waals surface area contributed by atoms with E-state index in [0.29, 0.717) is 0 Å². The average Bonchev–Trinajstić information content (AvgIpc) is 3.52. The molecule has 0 saturated heterocycles. The van der Waals surface area contributed by atoms with Gasteiger partial charge in [-0.1, -0.05) is 12.1 Å². The Balaban J connectivity index is 1.54. The van der Waals surface area contributed by atoms with Crippen LogP contribution >= 0.6 is 0 Å². The van der Waals surface area contributed by atoms with E-state index >= 15 is 0 Å². The first-order valence-corrected chi connectivity index (χ1v) is 9.22. The van der Waals surface area contributed by atoms with Crippen molar-refractivity contribution in [2.45, 2.75) is 0 Å². The molecule has 5 heterocycles. The van der Waals surface area contributed by atoms with Gasteiger partial charge in [-0.05, 0) is 35.9 Å². The van der Waals surface area contributed by atoms with Gasteiger partial charge in [0.25, 0.3) is 0 Å². The van der Waals surface area contributed by atoms with Gasteiger partial charge in [-0.25, -0.2) is 0 Å². The van der Waals surface area contributed by atoms with Crippen molar-refractivity contribution in [2.75, 3.05) is 0 Å². The van der Waals surface area contributed by atoms with Crippen molar-refractivity contribution >= 4 is 21.8 Å². The highest BCUT2D eigenvalue weighted by Crippen LogP contribution is 2.34. The minimum atomic E-state index is 0.869. The summed E-state index contributed by atoms with van der Waals surface area (Å²) in [5.74, 6) is 0. The van der Waals surface area contributed by atoms with E-state index in [1.807, 2.05) is 49.1 Å². The van der Waals surface area contributed by atoms with Crippen LogP contribution in [-0.4, -0.2) is 35.3 Å². The Morgan fingerprint density at radius 3 is 2.69 bits per heavy atom. The normalized spacial score (nSPS) is 11.4. The summed E-state index contributed by atoms with van der Waals surface area (Å²) in [6.45, 7) is 0. The lowest BCUT2D eigenvalue weighted by molar-refractivity contribution is 1.09. The van der Waals surface area contributed by atoms with Gasteiger partial charge in [0, 0.05) is 40.5 Å². The maximum Gasteiger partial charge on any atom is 0.116 e. The number of H-pyrrole nitrogens is 3. The fourth-order valence-corrected chi connectivity index (χ4v) is 3.71. The van der Waals surface area contributed by atoms with Gasteiger partial charge in [-0.15, -0.1) is 0 Å². The molecule has 29 heavy (non-hydrogen) atoms. The Morgan fingerprint density at radius 1 is 0.828 bits per heavy atom. The quantitative estimate of drug-likeness (QED) is 0.421. The maximum absolute atomic E-state index is 4.57. The number of pyridine rings is 2. The fourth-order valence-electron chi connectivity index (χ4n) is 3.71. The molecule has 1 aromatic carbocycles. The van der Waals surface area contributed by atoms with Crippen LogP contribution in [-0.2, 0) is 0 Å². The van der Waals surface area contributed by atoms with E-state index in [1.54, 1.807) is 6.20 Å². The molecule has 0 fully saturated rings. The molecule has 0 aliphatic heterocycles. The zero-order valence-electron chi connectivity index (χ0n) is 15.2. The summed E-state index contributed by atoms with van der Waals surface area (Å²) in [7, 11) is 0. The Morgan fingerprint density at radius 2 is 1.83 bits per heavy atom. The minimum Gasteiger partial charge on any atom is -0.352 e. The Kier molecular flexibility index (Phi) is 3.33. The highest BCUT2D eigenvalue weighted by molar-refractivity contribution is 6.01. The Bertz CT molecular complexity index is 1440. The van der Waals surface area contributed by atoms with E-state index in [0.717, 1.165) is 55.6 Å². The molecule has 6 rings (SSSR count). The summed E-state index contributed by atoms with van der Waals surface area (Å²) in [5, 5.41) is 16.7. The monoisotopic (exact) mass is 377 g/mol. The SMILES string of the molecule is c1ccc(-c2cncc3[nH]c(-c4n[nH]c5ccc(-c6cn[nH]c6)cc45)cc23)nc1. The second kappa shape index (κ2) is 6.13. The molecule has 3 N–H and O–H groups in total. The molecule has 0 amide bonds. The van der Waals surface area contributed by atoms with Gasteiger partial charge in [0.05, 0.1) is 34.8 Å².